The van der Waals surface area contributed by atoms with Crippen LogP contribution in [0.3, 0.4) is 0 Å². The van der Waals surface area contributed by atoms with E-state index < -0.39 is 23.8 Å². The van der Waals surface area contributed by atoms with Gasteiger partial charge in [-0.05, 0) is 37.1 Å². The summed E-state index contributed by atoms with van der Waals surface area (Å²) in [7, 11) is 0. The van der Waals surface area contributed by atoms with Gasteiger partial charge in [0, 0.05) is 5.56 Å². The molecule has 130 valence electrons. The number of carbonyl (C=O) groups excluding carboxylic acids is 2. The van der Waals surface area contributed by atoms with Crippen LogP contribution in [0.4, 0.5) is 0 Å². The van der Waals surface area contributed by atoms with Crippen LogP contribution in [0.15, 0.2) is 30.9 Å². The quantitative estimate of drug-likeness (QED) is 0.458. The van der Waals surface area contributed by atoms with Gasteiger partial charge in [0.2, 0.25) is 5.91 Å². The maximum Gasteiger partial charge on any atom is 0.328 e. The smallest absolute Gasteiger partial charge is 0.328 e. The molecule has 1 unspecified atom stereocenters. The number of nitrogens with one attached hydrogen (secondary N) is 2. The van der Waals surface area contributed by atoms with E-state index in [0.717, 1.165) is 11.1 Å². The van der Waals surface area contributed by atoms with Crippen molar-refractivity contribution < 1.29 is 24.2 Å². The lowest BCUT2D eigenvalue weighted by Crippen LogP contribution is -2.47. The minimum Gasteiger partial charge on any atom is -0.480 e. The minimum absolute atomic E-state index is 0.182. The van der Waals surface area contributed by atoms with E-state index >= 15 is 0 Å². The van der Waals surface area contributed by atoms with Crippen molar-refractivity contribution >= 4 is 17.8 Å². The molecule has 0 aliphatic carbocycles. The molecule has 0 saturated carbocycles. The Bertz CT molecular complexity index is 627. The molecular formula is C17H22N2O5. The highest BCUT2D eigenvalue weighted by Gasteiger charge is 2.20. The number of hydrogen-bond donors (Lipinski definition) is 3. The van der Waals surface area contributed by atoms with Gasteiger partial charge in [0.25, 0.3) is 5.91 Å². The molecule has 0 aliphatic heterocycles. The van der Waals surface area contributed by atoms with Crippen molar-refractivity contribution in [2.45, 2.75) is 19.9 Å². The van der Waals surface area contributed by atoms with E-state index in [1.807, 2.05) is 19.9 Å². The Morgan fingerprint density at radius 2 is 2.00 bits per heavy atom. The van der Waals surface area contributed by atoms with Gasteiger partial charge < -0.3 is 20.5 Å². The van der Waals surface area contributed by atoms with Gasteiger partial charge in [-0.25, -0.2) is 4.79 Å². The number of rotatable bonds is 9. The van der Waals surface area contributed by atoms with Crippen molar-refractivity contribution in [3.05, 3.63) is 47.5 Å². The molecule has 3 N–H and O–H groups in total. The molecule has 2 amide bonds. The van der Waals surface area contributed by atoms with E-state index in [1.165, 1.54) is 6.08 Å². The number of ether oxygens (including phenoxy) is 1. The molecule has 24 heavy (non-hydrogen) atoms. The Hall–Kier alpha value is -2.67. The number of carboxylic acids is 1. The van der Waals surface area contributed by atoms with E-state index in [-0.39, 0.29) is 19.8 Å². The second kappa shape index (κ2) is 9.46. The Morgan fingerprint density at radius 1 is 1.29 bits per heavy atom. The number of carboxylic acid groups (broad SMARTS) is 1. The summed E-state index contributed by atoms with van der Waals surface area (Å²) in [6.45, 7) is 6.95. The fourth-order valence-electron chi connectivity index (χ4n) is 1.83. The van der Waals surface area contributed by atoms with Crippen molar-refractivity contribution in [3.63, 3.8) is 0 Å². The van der Waals surface area contributed by atoms with Crippen molar-refractivity contribution in [3.8, 4) is 0 Å². The SMILES string of the molecule is C=CCOCC(NC(=O)CNC(=O)c1ccc(C)c(C)c1)C(=O)O. The van der Waals surface area contributed by atoms with Crippen LogP contribution in [0, 0.1) is 13.8 Å². The first kappa shape index (κ1) is 19.4. The molecule has 1 atom stereocenters. The van der Waals surface area contributed by atoms with Gasteiger partial charge in [-0.3, -0.25) is 9.59 Å². The monoisotopic (exact) mass is 334 g/mol. The first-order valence-electron chi connectivity index (χ1n) is 7.41. The van der Waals surface area contributed by atoms with Crippen LogP contribution in [0.5, 0.6) is 0 Å². The molecule has 0 bridgehead atoms. The number of hydrogen-bond acceptors (Lipinski definition) is 4. The third-order valence-corrected chi connectivity index (χ3v) is 3.33. The summed E-state index contributed by atoms with van der Waals surface area (Å²) < 4.78 is 5.03. The first-order chi connectivity index (χ1) is 11.3. The first-order valence-corrected chi connectivity index (χ1v) is 7.41. The molecule has 0 saturated heterocycles. The Balaban J connectivity index is 2.51. The van der Waals surface area contributed by atoms with Crippen LogP contribution >= 0.6 is 0 Å². The zero-order chi connectivity index (χ0) is 18.1. The molecule has 1 aromatic rings. The van der Waals surface area contributed by atoms with E-state index in [9.17, 15) is 14.4 Å². The molecule has 0 fully saturated rings. The standard InChI is InChI=1S/C17H22N2O5/c1-4-7-24-10-14(17(22)23)19-15(20)9-18-16(21)13-6-5-11(2)12(3)8-13/h4-6,8,14H,1,7,9-10H2,2-3H3,(H,18,21)(H,19,20)(H,22,23). The number of aryl methyl sites for hydroxylation is 2. The fraction of sp³-hybridized carbons (Fsp3) is 0.353. The van der Waals surface area contributed by atoms with Crippen LogP contribution in [0.2, 0.25) is 0 Å². The van der Waals surface area contributed by atoms with Crippen LogP contribution in [-0.2, 0) is 14.3 Å². The van der Waals surface area contributed by atoms with Crippen molar-refractivity contribution in [2.24, 2.45) is 0 Å². The van der Waals surface area contributed by atoms with Gasteiger partial charge in [0.15, 0.2) is 6.04 Å². The summed E-state index contributed by atoms with van der Waals surface area (Å²) in [5, 5.41) is 13.8. The average molecular weight is 334 g/mol. The third kappa shape index (κ3) is 6.21. The normalized spacial score (nSPS) is 11.4. The van der Waals surface area contributed by atoms with E-state index in [1.54, 1.807) is 12.1 Å². The summed E-state index contributed by atoms with van der Waals surface area (Å²) in [5.41, 5.74) is 2.47. The van der Waals surface area contributed by atoms with E-state index in [4.69, 9.17) is 9.84 Å². The summed E-state index contributed by atoms with van der Waals surface area (Å²) in [4.78, 5) is 34.8. The maximum absolute atomic E-state index is 12.0. The molecule has 1 rings (SSSR count). The predicted molar refractivity (Wildman–Crippen MR) is 88.8 cm³/mol. The minimum atomic E-state index is -1.21. The highest BCUT2D eigenvalue weighted by atomic mass is 16.5. The van der Waals surface area contributed by atoms with Gasteiger partial charge in [0.05, 0.1) is 19.8 Å². The lowest BCUT2D eigenvalue weighted by atomic mass is 10.1. The highest BCUT2D eigenvalue weighted by Crippen LogP contribution is 2.09. The summed E-state index contributed by atoms with van der Waals surface area (Å²) in [6.07, 6.45) is 1.48. The molecule has 0 radical (unpaired) electrons. The molecule has 0 aromatic heterocycles. The largest absolute Gasteiger partial charge is 0.480 e. The van der Waals surface area contributed by atoms with Gasteiger partial charge in [-0.2, -0.15) is 0 Å². The van der Waals surface area contributed by atoms with E-state index in [0.29, 0.717) is 5.56 Å². The molecule has 0 spiro atoms. The van der Waals surface area contributed by atoms with Gasteiger partial charge in [-0.1, -0.05) is 12.1 Å². The number of aliphatic carboxylic acids is 1. The predicted octanol–water partition coefficient (Wildman–Crippen LogP) is 0.805. The average Bonchev–Trinajstić information content (AvgIpc) is 2.54. The summed E-state index contributed by atoms with van der Waals surface area (Å²) >= 11 is 0. The van der Waals surface area contributed by atoms with Crippen molar-refractivity contribution in [2.75, 3.05) is 19.8 Å². The topological polar surface area (TPSA) is 105 Å². The second-order valence-electron chi connectivity index (χ2n) is 5.27. The third-order valence-electron chi connectivity index (χ3n) is 3.33. The zero-order valence-electron chi connectivity index (χ0n) is 13.8. The highest BCUT2D eigenvalue weighted by molar-refractivity contribution is 5.97. The van der Waals surface area contributed by atoms with Crippen LogP contribution in [-0.4, -0.2) is 48.7 Å². The molecule has 0 aliphatic rings. The Labute approximate surface area is 140 Å². The van der Waals surface area contributed by atoms with Crippen molar-refractivity contribution in [1.82, 2.24) is 10.6 Å². The zero-order valence-corrected chi connectivity index (χ0v) is 13.8. The van der Waals surface area contributed by atoms with Crippen LogP contribution in [0.25, 0.3) is 0 Å². The molecule has 1 aromatic carbocycles. The van der Waals surface area contributed by atoms with Gasteiger partial charge >= 0.3 is 5.97 Å². The lowest BCUT2D eigenvalue weighted by molar-refractivity contribution is -0.143. The molecule has 7 nitrogen and oxygen atoms in total. The number of amides is 2. The second-order valence-corrected chi connectivity index (χ2v) is 5.27. The van der Waals surface area contributed by atoms with Gasteiger partial charge in [-0.15, -0.1) is 6.58 Å². The lowest BCUT2D eigenvalue weighted by Gasteiger charge is -2.14. The summed E-state index contributed by atoms with van der Waals surface area (Å²) in [6, 6.07) is 4.03. The molecular weight excluding hydrogens is 312 g/mol. The molecule has 7 heteroatoms. The van der Waals surface area contributed by atoms with Crippen molar-refractivity contribution in [1.29, 1.82) is 0 Å². The Morgan fingerprint density at radius 3 is 2.58 bits per heavy atom. The Kier molecular flexibility index (Phi) is 7.64. The van der Waals surface area contributed by atoms with Crippen LogP contribution < -0.4 is 10.6 Å². The number of benzene rings is 1. The fourth-order valence-corrected chi connectivity index (χ4v) is 1.83. The van der Waals surface area contributed by atoms with Crippen LogP contribution in [0.1, 0.15) is 21.5 Å². The van der Waals surface area contributed by atoms with Gasteiger partial charge in [0.1, 0.15) is 0 Å². The summed E-state index contributed by atoms with van der Waals surface area (Å²) in [5.74, 6) is -2.22. The molecule has 0 heterocycles. The number of carbonyl (C=O) groups is 3. The maximum atomic E-state index is 12.0. The van der Waals surface area contributed by atoms with E-state index in [2.05, 4.69) is 17.2 Å².